The van der Waals surface area contributed by atoms with Crippen molar-refractivity contribution in [3.8, 4) is 0 Å². The molecule has 1 aromatic carbocycles. The third kappa shape index (κ3) is 4.08. The first-order chi connectivity index (χ1) is 9.95. The Bertz CT molecular complexity index is 707. The fourth-order valence-electron chi connectivity index (χ4n) is 1.49. The molecule has 6 nitrogen and oxygen atoms in total. The SMILES string of the molecule is O=C(Nc1ccnc(C(=O)O)c1)Nc1ccc(Cl)c(Cl)c1. The first kappa shape index (κ1) is 15.1. The van der Waals surface area contributed by atoms with Gasteiger partial charge in [-0.3, -0.25) is 0 Å². The summed E-state index contributed by atoms with van der Waals surface area (Å²) in [7, 11) is 0. The summed E-state index contributed by atoms with van der Waals surface area (Å²) >= 11 is 11.6. The van der Waals surface area contributed by atoms with E-state index < -0.39 is 12.0 Å². The fourth-order valence-corrected chi connectivity index (χ4v) is 1.79. The number of aromatic nitrogens is 1. The lowest BCUT2D eigenvalue weighted by atomic mass is 10.3. The maximum Gasteiger partial charge on any atom is 0.354 e. The molecule has 0 spiro atoms. The van der Waals surface area contributed by atoms with Crippen molar-refractivity contribution in [2.24, 2.45) is 0 Å². The Morgan fingerprint density at radius 1 is 1.00 bits per heavy atom. The summed E-state index contributed by atoms with van der Waals surface area (Å²) in [6.45, 7) is 0. The van der Waals surface area contributed by atoms with E-state index in [4.69, 9.17) is 28.3 Å². The van der Waals surface area contributed by atoms with Crippen LogP contribution in [0.3, 0.4) is 0 Å². The van der Waals surface area contributed by atoms with E-state index in [0.717, 1.165) is 0 Å². The summed E-state index contributed by atoms with van der Waals surface area (Å²) in [6, 6.07) is 6.81. The molecular weight excluding hydrogens is 317 g/mol. The number of aromatic carboxylic acids is 1. The van der Waals surface area contributed by atoms with Crippen molar-refractivity contribution in [1.82, 2.24) is 4.98 Å². The Hall–Kier alpha value is -2.31. The van der Waals surface area contributed by atoms with Gasteiger partial charge in [0.15, 0.2) is 0 Å². The number of pyridine rings is 1. The Labute approximate surface area is 129 Å². The number of rotatable bonds is 3. The van der Waals surface area contributed by atoms with E-state index >= 15 is 0 Å². The van der Waals surface area contributed by atoms with Crippen LogP contribution in [0.15, 0.2) is 36.5 Å². The molecule has 0 fully saturated rings. The number of anilines is 2. The molecule has 108 valence electrons. The molecule has 2 rings (SSSR count). The number of carboxylic acids is 1. The van der Waals surface area contributed by atoms with Crippen molar-refractivity contribution in [3.63, 3.8) is 0 Å². The van der Waals surface area contributed by atoms with E-state index in [1.165, 1.54) is 24.4 Å². The van der Waals surface area contributed by atoms with Gasteiger partial charge in [0.2, 0.25) is 0 Å². The molecule has 2 amide bonds. The molecule has 1 aromatic heterocycles. The van der Waals surface area contributed by atoms with E-state index in [0.29, 0.717) is 21.4 Å². The molecule has 0 unspecified atom stereocenters. The summed E-state index contributed by atoms with van der Waals surface area (Å²) in [5, 5.41) is 14.5. The molecule has 21 heavy (non-hydrogen) atoms. The first-order valence-electron chi connectivity index (χ1n) is 5.68. The number of carbonyl (C=O) groups excluding carboxylic acids is 1. The van der Waals surface area contributed by atoms with Gasteiger partial charge in [-0.15, -0.1) is 0 Å². The van der Waals surface area contributed by atoms with Crippen molar-refractivity contribution in [1.29, 1.82) is 0 Å². The minimum atomic E-state index is -1.18. The van der Waals surface area contributed by atoms with Crippen molar-refractivity contribution < 1.29 is 14.7 Å². The standard InChI is InChI=1S/C13H9Cl2N3O3/c14-9-2-1-7(5-10(9)15)17-13(21)18-8-3-4-16-11(6-8)12(19)20/h1-6H,(H,19,20)(H2,16,17,18,21). The lowest BCUT2D eigenvalue weighted by Gasteiger charge is -2.08. The monoisotopic (exact) mass is 325 g/mol. The largest absolute Gasteiger partial charge is 0.477 e. The topological polar surface area (TPSA) is 91.3 Å². The number of urea groups is 1. The molecule has 0 aliphatic carbocycles. The fraction of sp³-hybridized carbons (Fsp3) is 0. The van der Waals surface area contributed by atoms with Crippen LogP contribution in [0, 0.1) is 0 Å². The van der Waals surface area contributed by atoms with Gasteiger partial charge in [0.05, 0.1) is 10.0 Å². The second kappa shape index (κ2) is 6.43. The molecule has 0 bridgehead atoms. The van der Waals surface area contributed by atoms with Gasteiger partial charge in [0.25, 0.3) is 0 Å². The number of halogens is 2. The smallest absolute Gasteiger partial charge is 0.354 e. The quantitative estimate of drug-likeness (QED) is 0.801. The highest BCUT2D eigenvalue weighted by Crippen LogP contribution is 2.25. The van der Waals surface area contributed by atoms with Gasteiger partial charge in [0.1, 0.15) is 5.69 Å². The van der Waals surface area contributed by atoms with Crippen LogP contribution in [0.4, 0.5) is 16.2 Å². The average Bonchev–Trinajstić information content (AvgIpc) is 2.43. The van der Waals surface area contributed by atoms with E-state index in [1.54, 1.807) is 12.1 Å². The Balaban J connectivity index is 2.06. The number of carbonyl (C=O) groups is 2. The van der Waals surface area contributed by atoms with Gasteiger partial charge < -0.3 is 15.7 Å². The normalized spacial score (nSPS) is 10.0. The summed E-state index contributed by atoms with van der Waals surface area (Å²) in [5.74, 6) is -1.18. The molecular formula is C13H9Cl2N3O3. The van der Waals surface area contributed by atoms with Crippen molar-refractivity contribution in [2.75, 3.05) is 10.6 Å². The third-order valence-electron chi connectivity index (χ3n) is 2.41. The Kier molecular flexibility index (Phi) is 4.62. The maximum absolute atomic E-state index is 11.8. The molecule has 3 N–H and O–H groups in total. The zero-order chi connectivity index (χ0) is 15.4. The molecule has 0 saturated heterocycles. The summed E-state index contributed by atoms with van der Waals surface area (Å²) in [6.07, 6.45) is 1.29. The third-order valence-corrected chi connectivity index (χ3v) is 3.15. The van der Waals surface area contributed by atoms with Crippen LogP contribution in [-0.2, 0) is 0 Å². The zero-order valence-electron chi connectivity index (χ0n) is 10.4. The minimum absolute atomic E-state index is 0.165. The molecule has 8 heteroatoms. The lowest BCUT2D eigenvalue weighted by Crippen LogP contribution is -2.19. The Morgan fingerprint density at radius 2 is 1.67 bits per heavy atom. The molecule has 2 aromatic rings. The van der Waals surface area contributed by atoms with E-state index in [2.05, 4.69) is 15.6 Å². The predicted octanol–water partition coefficient (Wildman–Crippen LogP) is 3.73. The number of hydrogen-bond donors (Lipinski definition) is 3. The van der Waals surface area contributed by atoms with Crippen molar-refractivity contribution in [2.45, 2.75) is 0 Å². The highest BCUT2D eigenvalue weighted by molar-refractivity contribution is 6.42. The molecule has 0 atom stereocenters. The molecule has 0 aliphatic rings. The van der Waals surface area contributed by atoms with E-state index in [-0.39, 0.29) is 5.69 Å². The van der Waals surface area contributed by atoms with E-state index in [9.17, 15) is 9.59 Å². The van der Waals surface area contributed by atoms with Crippen molar-refractivity contribution in [3.05, 3.63) is 52.3 Å². The maximum atomic E-state index is 11.8. The number of nitrogens with zero attached hydrogens (tertiary/aromatic N) is 1. The van der Waals surface area contributed by atoms with Crippen LogP contribution in [0.2, 0.25) is 10.0 Å². The van der Waals surface area contributed by atoms with Crippen LogP contribution >= 0.6 is 23.2 Å². The van der Waals surface area contributed by atoms with Gasteiger partial charge in [-0.2, -0.15) is 0 Å². The number of carboxylic acid groups (broad SMARTS) is 1. The van der Waals surface area contributed by atoms with Gasteiger partial charge in [-0.05, 0) is 30.3 Å². The zero-order valence-corrected chi connectivity index (χ0v) is 11.9. The molecule has 0 aliphatic heterocycles. The van der Waals surface area contributed by atoms with Gasteiger partial charge in [-0.1, -0.05) is 23.2 Å². The average molecular weight is 326 g/mol. The minimum Gasteiger partial charge on any atom is -0.477 e. The molecule has 1 heterocycles. The highest BCUT2D eigenvalue weighted by Gasteiger charge is 2.08. The summed E-state index contributed by atoms with van der Waals surface area (Å²) in [4.78, 5) is 26.2. The summed E-state index contributed by atoms with van der Waals surface area (Å²) in [5.41, 5.74) is 0.594. The second-order valence-corrected chi connectivity index (χ2v) is 4.76. The lowest BCUT2D eigenvalue weighted by molar-refractivity contribution is 0.0690. The highest BCUT2D eigenvalue weighted by atomic mass is 35.5. The van der Waals surface area contributed by atoms with Gasteiger partial charge >= 0.3 is 12.0 Å². The number of amides is 2. The first-order valence-corrected chi connectivity index (χ1v) is 6.43. The predicted molar refractivity (Wildman–Crippen MR) is 80.3 cm³/mol. The van der Waals surface area contributed by atoms with Crippen LogP contribution in [-0.4, -0.2) is 22.1 Å². The number of nitrogens with one attached hydrogen (secondary N) is 2. The Morgan fingerprint density at radius 3 is 2.29 bits per heavy atom. The van der Waals surface area contributed by atoms with Crippen LogP contribution in [0.25, 0.3) is 0 Å². The second-order valence-electron chi connectivity index (χ2n) is 3.94. The molecule has 0 saturated carbocycles. The van der Waals surface area contributed by atoms with Crippen LogP contribution in [0.1, 0.15) is 10.5 Å². The number of hydrogen-bond acceptors (Lipinski definition) is 3. The van der Waals surface area contributed by atoms with Crippen molar-refractivity contribution >= 4 is 46.6 Å². The van der Waals surface area contributed by atoms with Crippen LogP contribution in [0.5, 0.6) is 0 Å². The van der Waals surface area contributed by atoms with E-state index in [1.807, 2.05) is 0 Å². The van der Waals surface area contributed by atoms with Gasteiger partial charge in [0, 0.05) is 17.6 Å². The molecule has 0 radical (unpaired) electrons. The van der Waals surface area contributed by atoms with Crippen LogP contribution < -0.4 is 10.6 Å². The van der Waals surface area contributed by atoms with Gasteiger partial charge in [-0.25, -0.2) is 14.6 Å². The summed E-state index contributed by atoms with van der Waals surface area (Å²) < 4.78 is 0. The number of benzene rings is 1.